The van der Waals surface area contributed by atoms with E-state index in [1.165, 1.54) is 0 Å². The average molecular weight is 339 g/mol. The first-order chi connectivity index (χ1) is 12.2. The number of nitrogens with zero attached hydrogens (tertiary/aromatic N) is 1. The SMILES string of the molecule is COc1ccc(Nc2ccccc2C(=O)N2CCC(CN)CC2)cc1. The number of hydrogen-bond acceptors (Lipinski definition) is 4. The first kappa shape index (κ1) is 17.3. The zero-order valence-electron chi connectivity index (χ0n) is 14.6. The number of amides is 1. The molecule has 1 aliphatic heterocycles. The third-order valence-electron chi connectivity index (χ3n) is 4.76. The molecule has 3 N–H and O–H groups in total. The number of hydrogen-bond donors (Lipinski definition) is 2. The molecule has 1 fully saturated rings. The van der Waals surface area contributed by atoms with Gasteiger partial charge in [-0.15, -0.1) is 0 Å². The van der Waals surface area contributed by atoms with Crippen LogP contribution < -0.4 is 15.8 Å². The fourth-order valence-electron chi connectivity index (χ4n) is 3.15. The standard InChI is InChI=1S/C20H25N3O2/c1-25-17-8-6-16(7-9-17)22-19-5-3-2-4-18(19)20(24)23-12-10-15(14-21)11-13-23/h2-9,15,22H,10-14,21H2,1H3. The molecule has 2 aromatic rings. The number of benzene rings is 2. The summed E-state index contributed by atoms with van der Waals surface area (Å²) in [6, 6.07) is 15.3. The highest BCUT2D eigenvalue weighted by Crippen LogP contribution is 2.25. The molecule has 25 heavy (non-hydrogen) atoms. The third-order valence-corrected chi connectivity index (χ3v) is 4.76. The summed E-state index contributed by atoms with van der Waals surface area (Å²) in [4.78, 5) is 14.9. The number of carbonyl (C=O) groups excluding carboxylic acids is 1. The van der Waals surface area contributed by atoms with Crippen molar-refractivity contribution in [2.45, 2.75) is 12.8 Å². The largest absolute Gasteiger partial charge is 0.497 e. The maximum absolute atomic E-state index is 12.9. The molecule has 0 saturated carbocycles. The van der Waals surface area contributed by atoms with Gasteiger partial charge in [0, 0.05) is 18.8 Å². The molecule has 0 atom stereocenters. The Labute approximate surface area is 148 Å². The highest BCUT2D eigenvalue weighted by Gasteiger charge is 2.24. The van der Waals surface area contributed by atoms with Crippen LogP contribution in [0.25, 0.3) is 0 Å². The van der Waals surface area contributed by atoms with Gasteiger partial charge in [-0.25, -0.2) is 0 Å². The molecule has 5 nitrogen and oxygen atoms in total. The number of methoxy groups -OCH3 is 1. The lowest BCUT2D eigenvalue weighted by molar-refractivity contribution is 0.0694. The number of anilines is 2. The van der Waals surface area contributed by atoms with E-state index in [1.807, 2.05) is 53.4 Å². The van der Waals surface area contributed by atoms with Crippen LogP contribution in [0.3, 0.4) is 0 Å². The summed E-state index contributed by atoms with van der Waals surface area (Å²) in [6.07, 6.45) is 1.96. The summed E-state index contributed by atoms with van der Waals surface area (Å²) in [7, 11) is 1.64. The molecule has 132 valence electrons. The summed E-state index contributed by atoms with van der Waals surface area (Å²) in [5, 5.41) is 3.34. The highest BCUT2D eigenvalue weighted by molar-refractivity contribution is 6.00. The highest BCUT2D eigenvalue weighted by atomic mass is 16.5. The molecule has 1 saturated heterocycles. The van der Waals surface area contributed by atoms with Crippen LogP contribution in [0.15, 0.2) is 48.5 Å². The van der Waals surface area contributed by atoms with Crippen LogP contribution in [0.1, 0.15) is 23.2 Å². The lowest BCUT2D eigenvalue weighted by Crippen LogP contribution is -2.40. The first-order valence-corrected chi connectivity index (χ1v) is 8.70. The topological polar surface area (TPSA) is 67.6 Å². The Kier molecular flexibility index (Phi) is 5.56. The van der Waals surface area contributed by atoms with Gasteiger partial charge in [-0.2, -0.15) is 0 Å². The number of nitrogens with two attached hydrogens (primary N) is 1. The number of rotatable bonds is 5. The zero-order chi connectivity index (χ0) is 17.6. The Bertz CT molecular complexity index is 707. The minimum Gasteiger partial charge on any atom is -0.497 e. The van der Waals surface area contributed by atoms with Crippen LogP contribution in [0.4, 0.5) is 11.4 Å². The fourth-order valence-corrected chi connectivity index (χ4v) is 3.15. The number of para-hydroxylation sites is 1. The second-order valence-electron chi connectivity index (χ2n) is 6.37. The van der Waals surface area contributed by atoms with E-state index in [0.717, 1.165) is 43.1 Å². The molecule has 0 spiro atoms. The number of piperidine rings is 1. The summed E-state index contributed by atoms with van der Waals surface area (Å²) in [5.74, 6) is 1.42. The van der Waals surface area contributed by atoms with E-state index in [-0.39, 0.29) is 5.91 Å². The second-order valence-corrected chi connectivity index (χ2v) is 6.37. The first-order valence-electron chi connectivity index (χ1n) is 8.70. The van der Waals surface area contributed by atoms with Gasteiger partial charge in [-0.1, -0.05) is 12.1 Å². The van der Waals surface area contributed by atoms with Crippen LogP contribution in [0.5, 0.6) is 5.75 Å². The molecule has 0 aliphatic carbocycles. The van der Waals surface area contributed by atoms with Gasteiger partial charge >= 0.3 is 0 Å². The third kappa shape index (κ3) is 4.12. The molecule has 2 aromatic carbocycles. The minimum atomic E-state index is 0.0760. The summed E-state index contributed by atoms with van der Waals surface area (Å²) in [6.45, 7) is 2.26. The summed E-state index contributed by atoms with van der Waals surface area (Å²) in [5.41, 5.74) is 8.18. The number of nitrogens with one attached hydrogen (secondary N) is 1. The molecule has 3 rings (SSSR count). The maximum atomic E-state index is 12.9. The van der Waals surface area contributed by atoms with Crippen molar-refractivity contribution in [3.63, 3.8) is 0 Å². The van der Waals surface area contributed by atoms with Crippen molar-refractivity contribution in [1.82, 2.24) is 4.90 Å². The molecular formula is C20H25N3O2. The van der Waals surface area contributed by atoms with Gasteiger partial charge in [0.15, 0.2) is 0 Å². The van der Waals surface area contributed by atoms with Gasteiger partial charge in [0.25, 0.3) is 5.91 Å². The van der Waals surface area contributed by atoms with E-state index in [1.54, 1.807) is 7.11 Å². The van der Waals surface area contributed by atoms with Crippen LogP contribution >= 0.6 is 0 Å². The van der Waals surface area contributed by atoms with Crippen LogP contribution in [-0.4, -0.2) is 37.6 Å². The van der Waals surface area contributed by atoms with Crippen LogP contribution in [-0.2, 0) is 0 Å². The summed E-state index contributed by atoms with van der Waals surface area (Å²) >= 11 is 0. The van der Waals surface area contributed by atoms with E-state index in [9.17, 15) is 4.79 Å². The quantitative estimate of drug-likeness (QED) is 0.877. The molecule has 1 heterocycles. The van der Waals surface area contributed by atoms with E-state index in [2.05, 4.69) is 5.32 Å². The van der Waals surface area contributed by atoms with E-state index < -0.39 is 0 Å². The van der Waals surface area contributed by atoms with Crippen molar-refractivity contribution >= 4 is 17.3 Å². The predicted molar refractivity (Wildman–Crippen MR) is 100 cm³/mol. The number of carbonyl (C=O) groups is 1. The smallest absolute Gasteiger partial charge is 0.255 e. The minimum absolute atomic E-state index is 0.0760. The normalized spacial score (nSPS) is 15.0. The maximum Gasteiger partial charge on any atom is 0.255 e. The van der Waals surface area contributed by atoms with Gasteiger partial charge in [0.2, 0.25) is 0 Å². The van der Waals surface area contributed by atoms with Crippen molar-refractivity contribution in [1.29, 1.82) is 0 Å². The molecule has 5 heteroatoms. The van der Waals surface area contributed by atoms with Crippen molar-refractivity contribution < 1.29 is 9.53 Å². The zero-order valence-corrected chi connectivity index (χ0v) is 14.6. The molecular weight excluding hydrogens is 314 g/mol. The monoisotopic (exact) mass is 339 g/mol. The molecule has 0 unspecified atom stereocenters. The van der Waals surface area contributed by atoms with Gasteiger partial charge in [-0.05, 0) is 61.7 Å². The van der Waals surface area contributed by atoms with Crippen molar-refractivity contribution in [3.05, 3.63) is 54.1 Å². The number of ether oxygens (including phenoxy) is 1. The molecule has 0 radical (unpaired) electrons. The lowest BCUT2D eigenvalue weighted by atomic mass is 9.96. The van der Waals surface area contributed by atoms with Gasteiger partial charge in [-0.3, -0.25) is 4.79 Å². The molecule has 0 bridgehead atoms. The van der Waals surface area contributed by atoms with Gasteiger partial charge < -0.3 is 20.7 Å². The molecule has 0 aromatic heterocycles. The number of likely N-dealkylation sites (tertiary alicyclic amines) is 1. The fraction of sp³-hybridized carbons (Fsp3) is 0.350. The van der Waals surface area contributed by atoms with Crippen LogP contribution in [0, 0.1) is 5.92 Å². The Morgan fingerprint density at radius 2 is 1.84 bits per heavy atom. The van der Waals surface area contributed by atoms with Crippen LogP contribution in [0.2, 0.25) is 0 Å². The van der Waals surface area contributed by atoms with E-state index in [4.69, 9.17) is 10.5 Å². The van der Waals surface area contributed by atoms with Crippen molar-refractivity contribution in [3.8, 4) is 5.75 Å². The Morgan fingerprint density at radius 3 is 2.48 bits per heavy atom. The second kappa shape index (κ2) is 8.03. The Hall–Kier alpha value is -2.53. The van der Waals surface area contributed by atoms with E-state index >= 15 is 0 Å². The molecule has 1 aliphatic rings. The molecule has 1 amide bonds. The Morgan fingerprint density at radius 1 is 1.16 bits per heavy atom. The Balaban J connectivity index is 1.75. The lowest BCUT2D eigenvalue weighted by Gasteiger charge is -2.32. The van der Waals surface area contributed by atoms with Gasteiger partial charge in [0.05, 0.1) is 18.4 Å². The van der Waals surface area contributed by atoms with Crippen molar-refractivity contribution in [2.24, 2.45) is 11.7 Å². The van der Waals surface area contributed by atoms with E-state index in [0.29, 0.717) is 18.0 Å². The summed E-state index contributed by atoms with van der Waals surface area (Å²) < 4.78 is 5.18. The van der Waals surface area contributed by atoms with Crippen molar-refractivity contribution in [2.75, 3.05) is 32.1 Å². The average Bonchev–Trinajstić information content (AvgIpc) is 2.68. The van der Waals surface area contributed by atoms with Gasteiger partial charge in [0.1, 0.15) is 5.75 Å². The predicted octanol–water partition coefficient (Wildman–Crippen LogP) is 3.25.